The van der Waals surface area contributed by atoms with E-state index in [0.717, 1.165) is 30.7 Å². The van der Waals surface area contributed by atoms with Crippen LogP contribution >= 0.6 is 0 Å². The highest BCUT2D eigenvalue weighted by atomic mass is 19.1. The van der Waals surface area contributed by atoms with E-state index in [1.54, 1.807) is 6.07 Å². The number of hydrogen-bond donors (Lipinski definition) is 1. The SMILES string of the molecule is C[C@@H]1CCCN1C(=O)CCc1nc2ccc(F)cc2[nH]1. The predicted molar refractivity (Wildman–Crippen MR) is 74.8 cm³/mol. The zero-order chi connectivity index (χ0) is 14.1. The van der Waals surface area contributed by atoms with E-state index >= 15 is 0 Å². The Morgan fingerprint density at radius 3 is 3.15 bits per heavy atom. The van der Waals surface area contributed by atoms with Crippen molar-refractivity contribution in [1.29, 1.82) is 0 Å². The third-order valence-electron chi connectivity index (χ3n) is 3.94. The Bertz CT molecular complexity index is 637. The molecule has 1 fully saturated rings. The molecule has 3 rings (SSSR count). The van der Waals surface area contributed by atoms with Crippen molar-refractivity contribution >= 4 is 16.9 Å². The van der Waals surface area contributed by atoms with Gasteiger partial charge in [-0.15, -0.1) is 0 Å². The Balaban J connectivity index is 1.66. The van der Waals surface area contributed by atoms with Gasteiger partial charge in [0.25, 0.3) is 0 Å². The topological polar surface area (TPSA) is 49.0 Å². The third kappa shape index (κ3) is 2.53. The highest BCUT2D eigenvalue weighted by Crippen LogP contribution is 2.18. The number of benzene rings is 1. The molecule has 1 aromatic heterocycles. The maximum atomic E-state index is 13.1. The van der Waals surface area contributed by atoms with Crippen LogP contribution in [0.15, 0.2) is 18.2 Å². The van der Waals surface area contributed by atoms with Crippen molar-refractivity contribution in [2.75, 3.05) is 6.54 Å². The van der Waals surface area contributed by atoms with Crippen molar-refractivity contribution in [2.24, 2.45) is 0 Å². The van der Waals surface area contributed by atoms with Crippen LogP contribution < -0.4 is 0 Å². The molecule has 1 N–H and O–H groups in total. The van der Waals surface area contributed by atoms with Gasteiger partial charge in [-0.1, -0.05) is 0 Å². The van der Waals surface area contributed by atoms with Crippen molar-refractivity contribution in [3.63, 3.8) is 0 Å². The summed E-state index contributed by atoms with van der Waals surface area (Å²) in [4.78, 5) is 21.5. The zero-order valence-electron chi connectivity index (χ0n) is 11.5. The second-order valence-corrected chi connectivity index (χ2v) is 5.42. The molecule has 2 aromatic rings. The van der Waals surface area contributed by atoms with Crippen molar-refractivity contribution in [3.8, 4) is 0 Å². The van der Waals surface area contributed by atoms with E-state index in [0.29, 0.717) is 24.4 Å². The van der Waals surface area contributed by atoms with Crippen molar-refractivity contribution in [1.82, 2.24) is 14.9 Å². The lowest BCUT2D eigenvalue weighted by molar-refractivity contribution is -0.131. The maximum Gasteiger partial charge on any atom is 0.223 e. The number of aryl methyl sites for hydroxylation is 1. The maximum absolute atomic E-state index is 13.1. The number of carbonyl (C=O) groups excluding carboxylic acids is 1. The first kappa shape index (κ1) is 13.1. The quantitative estimate of drug-likeness (QED) is 0.936. The summed E-state index contributed by atoms with van der Waals surface area (Å²) in [5, 5.41) is 0. The Morgan fingerprint density at radius 2 is 2.40 bits per heavy atom. The second kappa shape index (κ2) is 5.23. The third-order valence-corrected chi connectivity index (χ3v) is 3.94. The highest BCUT2D eigenvalue weighted by Gasteiger charge is 2.24. The average Bonchev–Trinajstić information content (AvgIpc) is 3.01. The summed E-state index contributed by atoms with van der Waals surface area (Å²) in [7, 11) is 0. The summed E-state index contributed by atoms with van der Waals surface area (Å²) < 4.78 is 13.1. The van der Waals surface area contributed by atoms with Gasteiger partial charge in [-0.05, 0) is 38.0 Å². The predicted octanol–water partition coefficient (Wildman–Crippen LogP) is 2.65. The molecule has 4 nitrogen and oxygen atoms in total. The van der Waals surface area contributed by atoms with Crippen LogP contribution in [0.2, 0.25) is 0 Å². The number of carbonyl (C=O) groups is 1. The number of hydrogen-bond acceptors (Lipinski definition) is 2. The number of halogens is 1. The fourth-order valence-corrected chi connectivity index (χ4v) is 2.83. The number of likely N-dealkylation sites (tertiary alicyclic amines) is 1. The largest absolute Gasteiger partial charge is 0.342 e. The summed E-state index contributed by atoms with van der Waals surface area (Å²) in [6.45, 7) is 2.96. The van der Waals surface area contributed by atoms with E-state index in [-0.39, 0.29) is 11.7 Å². The molecule has 1 aromatic carbocycles. The molecule has 5 heteroatoms. The summed E-state index contributed by atoms with van der Waals surface area (Å²) >= 11 is 0. The molecule has 0 unspecified atom stereocenters. The van der Waals surface area contributed by atoms with Crippen LogP contribution in [0.25, 0.3) is 11.0 Å². The van der Waals surface area contributed by atoms with Crippen molar-refractivity contribution in [3.05, 3.63) is 29.8 Å². The monoisotopic (exact) mass is 275 g/mol. The van der Waals surface area contributed by atoms with Crippen LogP contribution in [0.4, 0.5) is 4.39 Å². The summed E-state index contributed by atoms with van der Waals surface area (Å²) in [5.74, 6) is 0.641. The van der Waals surface area contributed by atoms with Crippen LogP contribution in [0.3, 0.4) is 0 Å². The number of imidazole rings is 1. The minimum Gasteiger partial charge on any atom is -0.342 e. The summed E-state index contributed by atoms with van der Waals surface area (Å²) in [5.41, 5.74) is 1.42. The number of amides is 1. The molecule has 1 aliphatic heterocycles. The lowest BCUT2D eigenvalue weighted by atomic mass is 10.2. The van der Waals surface area contributed by atoms with E-state index in [2.05, 4.69) is 16.9 Å². The number of fused-ring (bicyclic) bond motifs is 1. The minimum atomic E-state index is -0.283. The Hall–Kier alpha value is -1.91. The number of aromatic amines is 1. The molecule has 0 saturated carbocycles. The average molecular weight is 275 g/mol. The smallest absolute Gasteiger partial charge is 0.223 e. The standard InChI is InChI=1S/C15H18FN3O/c1-10-3-2-8-19(10)15(20)7-6-14-17-12-5-4-11(16)9-13(12)18-14/h4-5,9-10H,2-3,6-8H2,1H3,(H,17,18)/t10-/m1/s1. The normalized spacial score (nSPS) is 18.9. The number of nitrogens with one attached hydrogen (secondary N) is 1. The summed E-state index contributed by atoms with van der Waals surface area (Å²) in [6.07, 6.45) is 3.21. The molecule has 0 aliphatic carbocycles. The summed E-state index contributed by atoms with van der Waals surface area (Å²) in [6, 6.07) is 4.82. The van der Waals surface area contributed by atoms with Gasteiger partial charge >= 0.3 is 0 Å². The molecule has 20 heavy (non-hydrogen) atoms. The molecule has 0 spiro atoms. The molecule has 1 atom stereocenters. The van der Waals surface area contributed by atoms with Crippen LogP contribution in [-0.4, -0.2) is 33.4 Å². The van der Waals surface area contributed by atoms with E-state index in [9.17, 15) is 9.18 Å². The number of nitrogens with zero attached hydrogens (tertiary/aromatic N) is 2. The first-order valence-electron chi connectivity index (χ1n) is 7.07. The fourth-order valence-electron chi connectivity index (χ4n) is 2.83. The molecule has 1 aliphatic rings. The van der Waals surface area contributed by atoms with E-state index in [4.69, 9.17) is 0 Å². The number of rotatable bonds is 3. The highest BCUT2D eigenvalue weighted by molar-refractivity contribution is 5.78. The molecule has 1 amide bonds. The van der Waals surface area contributed by atoms with Gasteiger partial charge in [0.2, 0.25) is 5.91 Å². The van der Waals surface area contributed by atoms with Gasteiger partial charge in [0.1, 0.15) is 11.6 Å². The Labute approximate surface area is 117 Å². The van der Waals surface area contributed by atoms with Crippen LogP contribution in [0, 0.1) is 5.82 Å². The van der Waals surface area contributed by atoms with Crippen LogP contribution in [-0.2, 0) is 11.2 Å². The molecular weight excluding hydrogens is 257 g/mol. The Morgan fingerprint density at radius 1 is 1.55 bits per heavy atom. The van der Waals surface area contributed by atoms with Gasteiger partial charge in [-0.2, -0.15) is 0 Å². The molecule has 2 heterocycles. The van der Waals surface area contributed by atoms with Gasteiger partial charge < -0.3 is 9.88 Å². The molecule has 1 saturated heterocycles. The van der Waals surface area contributed by atoms with E-state index in [1.807, 2.05) is 4.90 Å². The molecule has 106 valence electrons. The molecular formula is C15H18FN3O. The van der Waals surface area contributed by atoms with E-state index in [1.165, 1.54) is 12.1 Å². The van der Waals surface area contributed by atoms with Gasteiger partial charge in [-0.3, -0.25) is 4.79 Å². The lowest BCUT2D eigenvalue weighted by Gasteiger charge is -2.21. The molecule has 0 radical (unpaired) electrons. The fraction of sp³-hybridized carbons (Fsp3) is 0.467. The van der Waals surface area contributed by atoms with Crippen LogP contribution in [0.5, 0.6) is 0 Å². The van der Waals surface area contributed by atoms with Gasteiger partial charge in [-0.25, -0.2) is 9.37 Å². The number of H-pyrrole nitrogens is 1. The van der Waals surface area contributed by atoms with E-state index < -0.39 is 0 Å². The van der Waals surface area contributed by atoms with Crippen LogP contribution in [0.1, 0.15) is 32.0 Å². The van der Waals surface area contributed by atoms with Gasteiger partial charge in [0, 0.05) is 25.4 Å². The van der Waals surface area contributed by atoms with Gasteiger partial charge in [0.15, 0.2) is 0 Å². The lowest BCUT2D eigenvalue weighted by Crippen LogP contribution is -2.33. The van der Waals surface area contributed by atoms with Gasteiger partial charge in [0.05, 0.1) is 11.0 Å². The first-order chi connectivity index (χ1) is 9.63. The minimum absolute atomic E-state index is 0.182. The zero-order valence-corrected chi connectivity index (χ0v) is 11.5. The first-order valence-corrected chi connectivity index (χ1v) is 7.07. The Kier molecular flexibility index (Phi) is 3.42. The number of aromatic nitrogens is 2. The second-order valence-electron chi connectivity index (χ2n) is 5.42. The molecule has 0 bridgehead atoms. The van der Waals surface area contributed by atoms with Crippen molar-refractivity contribution < 1.29 is 9.18 Å². The van der Waals surface area contributed by atoms with Crippen molar-refractivity contribution in [2.45, 2.75) is 38.6 Å².